The maximum Gasteiger partial charge on any atom is 0.342 e. The molecule has 0 spiro atoms. The SMILES string of the molecule is CC(C)CN(CC(O)C(=O)Oc1ccc2c(c1)CCC2)C(=O)N[C@@H](Cc1cccc2ccccc12)C(=O)OCc1ccccc1. The van der Waals surface area contributed by atoms with Gasteiger partial charge in [-0.3, -0.25) is 0 Å². The number of carbonyl (C=O) groups excluding carboxylic acids is 3. The van der Waals surface area contributed by atoms with E-state index in [4.69, 9.17) is 9.47 Å². The summed E-state index contributed by atoms with van der Waals surface area (Å²) in [6.07, 6.45) is 1.62. The lowest BCUT2D eigenvalue weighted by Crippen LogP contribution is -2.53. The van der Waals surface area contributed by atoms with Crippen molar-refractivity contribution in [2.24, 2.45) is 5.92 Å². The van der Waals surface area contributed by atoms with Gasteiger partial charge >= 0.3 is 18.0 Å². The smallest absolute Gasteiger partial charge is 0.342 e. The van der Waals surface area contributed by atoms with Gasteiger partial charge in [-0.1, -0.05) is 92.7 Å². The highest BCUT2D eigenvalue weighted by molar-refractivity contribution is 5.88. The second kappa shape index (κ2) is 14.9. The van der Waals surface area contributed by atoms with E-state index in [1.807, 2.05) is 98.8 Å². The zero-order chi connectivity index (χ0) is 31.8. The Morgan fingerprint density at radius 2 is 1.58 bits per heavy atom. The van der Waals surface area contributed by atoms with Crippen LogP contribution in [0.3, 0.4) is 0 Å². The number of aliphatic hydroxyl groups is 1. The quantitative estimate of drug-likeness (QED) is 0.160. The predicted octanol–water partition coefficient (Wildman–Crippen LogP) is 5.62. The van der Waals surface area contributed by atoms with Crippen LogP contribution in [0.25, 0.3) is 10.8 Å². The summed E-state index contributed by atoms with van der Waals surface area (Å²) in [4.78, 5) is 41.4. The van der Waals surface area contributed by atoms with Crippen LogP contribution in [0.5, 0.6) is 5.75 Å². The fourth-order valence-corrected chi connectivity index (χ4v) is 5.71. The van der Waals surface area contributed by atoms with E-state index in [9.17, 15) is 19.5 Å². The van der Waals surface area contributed by atoms with Crippen LogP contribution in [0.15, 0.2) is 91.0 Å². The van der Waals surface area contributed by atoms with Crippen molar-refractivity contribution >= 4 is 28.7 Å². The van der Waals surface area contributed by atoms with Crippen molar-refractivity contribution in [1.29, 1.82) is 0 Å². The highest BCUT2D eigenvalue weighted by Gasteiger charge is 2.30. The maximum absolute atomic E-state index is 13.7. The van der Waals surface area contributed by atoms with E-state index in [1.54, 1.807) is 6.07 Å². The lowest BCUT2D eigenvalue weighted by atomic mass is 9.99. The minimum absolute atomic E-state index is 0.0252. The normalized spacial score (nSPS) is 13.6. The molecule has 2 atom stereocenters. The molecule has 2 N–H and O–H groups in total. The van der Waals surface area contributed by atoms with Gasteiger partial charge in [-0.25, -0.2) is 14.4 Å². The molecule has 0 fully saturated rings. The van der Waals surface area contributed by atoms with E-state index >= 15 is 0 Å². The fourth-order valence-electron chi connectivity index (χ4n) is 5.71. The summed E-state index contributed by atoms with van der Waals surface area (Å²) in [5.41, 5.74) is 4.10. The molecule has 4 aromatic rings. The molecule has 0 aromatic heterocycles. The number of fused-ring (bicyclic) bond motifs is 2. The number of aliphatic hydroxyl groups excluding tert-OH is 1. The minimum atomic E-state index is -1.58. The van der Waals surface area contributed by atoms with Crippen LogP contribution in [-0.4, -0.2) is 53.2 Å². The van der Waals surface area contributed by atoms with Crippen molar-refractivity contribution in [1.82, 2.24) is 10.2 Å². The second-order valence-corrected chi connectivity index (χ2v) is 12.0. The molecule has 5 rings (SSSR count). The molecular formula is C37H40N2O6. The van der Waals surface area contributed by atoms with E-state index < -0.39 is 30.1 Å². The molecule has 234 valence electrons. The van der Waals surface area contributed by atoms with Crippen molar-refractivity contribution in [3.63, 3.8) is 0 Å². The minimum Gasteiger partial charge on any atom is -0.459 e. The number of rotatable bonds is 12. The van der Waals surface area contributed by atoms with E-state index in [0.717, 1.165) is 46.7 Å². The number of urea groups is 1. The number of amides is 2. The van der Waals surface area contributed by atoms with Crippen LogP contribution in [0.4, 0.5) is 4.79 Å². The van der Waals surface area contributed by atoms with E-state index in [2.05, 4.69) is 5.32 Å². The van der Waals surface area contributed by atoms with Crippen molar-refractivity contribution in [2.75, 3.05) is 13.1 Å². The average Bonchev–Trinajstić information content (AvgIpc) is 3.51. The summed E-state index contributed by atoms with van der Waals surface area (Å²) < 4.78 is 11.1. The highest BCUT2D eigenvalue weighted by atomic mass is 16.5. The summed E-state index contributed by atoms with van der Waals surface area (Å²) in [5, 5.41) is 15.7. The number of ether oxygens (including phenoxy) is 2. The van der Waals surface area contributed by atoms with Crippen LogP contribution in [0, 0.1) is 5.92 Å². The van der Waals surface area contributed by atoms with Crippen molar-refractivity contribution in [3.8, 4) is 5.75 Å². The zero-order valence-electron chi connectivity index (χ0n) is 25.8. The number of aryl methyl sites for hydroxylation is 2. The molecule has 8 nitrogen and oxygen atoms in total. The molecule has 0 bridgehead atoms. The molecule has 0 saturated carbocycles. The average molecular weight is 609 g/mol. The van der Waals surface area contributed by atoms with Gasteiger partial charge in [0.2, 0.25) is 0 Å². The number of esters is 2. The van der Waals surface area contributed by atoms with Gasteiger partial charge in [-0.2, -0.15) is 0 Å². The van der Waals surface area contributed by atoms with Crippen LogP contribution in [0.2, 0.25) is 0 Å². The fraction of sp³-hybridized carbons (Fsp3) is 0.324. The summed E-state index contributed by atoms with van der Waals surface area (Å²) >= 11 is 0. The monoisotopic (exact) mass is 608 g/mol. The van der Waals surface area contributed by atoms with Crippen molar-refractivity contribution in [3.05, 3.63) is 113 Å². The Labute approximate surface area is 264 Å². The maximum atomic E-state index is 13.7. The lowest BCUT2D eigenvalue weighted by Gasteiger charge is -2.28. The van der Waals surface area contributed by atoms with E-state index in [1.165, 1.54) is 10.5 Å². The van der Waals surface area contributed by atoms with Gasteiger partial charge in [0.05, 0.1) is 6.54 Å². The third-order valence-electron chi connectivity index (χ3n) is 7.94. The Morgan fingerprint density at radius 1 is 0.844 bits per heavy atom. The molecule has 8 heteroatoms. The molecular weight excluding hydrogens is 568 g/mol. The molecule has 0 aliphatic heterocycles. The van der Waals surface area contributed by atoms with Crippen LogP contribution in [-0.2, 0) is 40.2 Å². The van der Waals surface area contributed by atoms with Gasteiger partial charge in [0.15, 0.2) is 6.10 Å². The molecule has 1 aliphatic carbocycles. The van der Waals surface area contributed by atoms with Crippen LogP contribution < -0.4 is 10.1 Å². The van der Waals surface area contributed by atoms with E-state index in [-0.39, 0.29) is 32.0 Å². The van der Waals surface area contributed by atoms with Crippen molar-refractivity contribution in [2.45, 2.75) is 58.3 Å². The first-order valence-corrected chi connectivity index (χ1v) is 15.5. The molecule has 1 aliphatic rings. The second-order valence-electron chi connectivity index (χ2n) is 12.0. The van der Waals surface area contributed by atoms with E-state index in [0.29, 0.717) is 5.75 Å². The number of nitrogens with zero attached hydrogens (tertiary/aromatic N) is 1. The third-order valence-corrected chi connectivity index (χ3v) is 7.94. The summed E-state index contributed by atoms with van der Waals surface area (Å²) in [6.45, 7) is 3.86. The van der Waals surface area contributed by atoms with Gasteiger partial charge < -0.3 is 24.8 Å². The van der Waals surface area contributed by atoms with Crippen LogP contribution >= 0.6 is 0 Å². The standard InChI is InChI=1S/C37H40N2O6/c1-25(2)22-39(23-34(40)36(42)45-31-19-18-27-13-8-15-29(27)20-31)37(43)38-33(35(41)44-24-26-10-4-3-5-11-26)21-30-16-9-14-28-12-6-7-17-32(28)30/h3-7,9-12,14,16-20,25,33-34,40H,8,13,15,21-24H2,1-2H3,(H,38,43)/t33-,34?/m0/s1. The molecule has 1 unspecified atom stereocenters. The molecule has 4 aromatic carbocycles. The predicted molar refractivity (Wildman–Crippen MR) is 173 cm³/mol. The number of hydrogen-bond donors (Lipinski definition) is 2. The number of hydrogen-bond acceptors (Lipinski definition) is 6. The Hall–Kier alpha value is -4.69. The molecule has 0 heterocycles. The Morgan fingerprint density at radius 3 is 2.38 bits per heavy atom. The Bertz CT molecular complexity index is 1630. The lowest BCUT2D eigenvalue weighted by molar-refractivity contribution is -0.147. The molecule has 0 saturated heterocycles. The summed E-state index contributed by atoms with van der Waals surface area (Å²) in [7, 11) is 0. The van der Waals surface area contributed by atoms with Gasteiger partial charge in [-0.15, -0.1) is 0 Å². The summed E-state index contributed by atoms with van der Waals surface area (Å²) in [6, 6.07) is 26.9. The van der Waals surface area contributed by atoms with Crippen LogP contribution in [0.1, 0.15) is 42.5 Å². The zero-order valence-corrected chi connectivity index (χ0v) is 25.8. The Kier molecular flexibility index (Phi) is 10.5. The highest BCUT2D eigenvalue weighted by Crippen LogP contribution is 2.26. The first-order valence-electron chi connectivity index (χ1n) is 15.5. The van der Waals surface area contributed by atoms with Crippen molar-refractivity contribution < 1.29 is 29.0 Å². The molecule has 0 radical (unpaired) electrons. The van der Waals surface area contributed by atoms with Gasteiger partial charge in [-0.05, 0) is 70.3 Å². The Balaban J connectivity index is 1.30. The van der Waals surface area contributed by atoms with Gasteiger partial charge in [0.25, 0.3) is 0 Å². The molecule has 45 heavy (non-hydrogen) atoms. The van der Waals surface area contributed by atoms with Gasteiger partial charge in [0.1, 0.15) is 18.4 Å². The topological polar surface area (TPSA) is 105 Å². The van der Waals surface area contributed by atoms with Gasteiger partial charge in [0, 0.05) is 13.0 Å². The first-order chi connectivity index (χ1) is 21.8. The largest absolute Gasteiger partial charge is 0.459 e. The first kappa shape index (κ1) is 31.7. The number of carbonyl (C=O) groups is 3. The third kappa shape index (κ3) is 8.48. The summed E-state index contributed by atoms with van der Waals surface area (Å²) in [5.74, 6) is -1.03. The molecule has 2 amide bonds. The number of nitrogens with one attached hydrogen (secondary N) is 1. The number of benzene rings is 4.